The van der Waals surface area contributed by atoms with E-state index >= 15 is 0 Å². The maximum Gasteiger partial charge on any atom is 0.450 e. The number of alkyl halides is 3. The first-order chi connectivity index (χ1) is 9.91. The van der Waals surface area contributed by atoms with Crippen molar-refractivity contribution in [1.29, 1.82) is 0 Å². The lowest BCUT2D eigenvalue weighted by Crippen LogP contribution is -2.24. The molecule has 0 saturated heterocycles. The Bertz CT molecular complexity index is 586. The molecular formula is C15H13F3O3. The summed E-state index contributed by atoms with van der Waals surface area (Å²) in [5.74, 6) is -1.66. The van der Waals surface area contributed by atoms with Gasteiger partial charge in [0.05, 0.1) is 13.4 Å². The van der Waals surface area contributed by atoms with E-state index in [4.69, 9.17) is 9.15 Å². The van der Waals surface area contributed by atoms with Crippen molar-refractivity contribution in [3.8, 4) is 5.75 Å². The van der Waals surface area contributed by atoms with Gasteiger partial charge in [-0.05, 0) is 29.8 Å². The van der Waals surface area contributed by atoms with E-state index in [1.807, 2.05) is 0 Å². The lowest BCUT2D eigenvalue weighted by atomic mass is 9.91. The lowest BCUT2D eigenvalue weighted by Gasteiger charge is -2.16. The van der Waals surface area contributed by atoms with Crippen molar-refractivity contribution in [1.82, 2.24) is 0 Å². The zero-order chi connectivity index (χ0) is 15.5. The number of Topliss-reactive ketones (excluding diaryl/α,β-unsaturated/α-hetero) is 1. The molecule has 0 amide bonds. The SMILES string of the molecule is COc1ccc([C@H](CC(=O)C(F)(F)F)c2ccco2)cc1. The highest BCUT2D eigenvalue weighted by Gasteiger charge is 2.40. The maximum absolute atomic E-state index is 12.5. The van der Waals surface area contributed by atoms with E-state index in [0.717, 1.165) is 0 Å². The summed E-state index contributed by atoms with van der Waals surface area (Å²) in [6.45, 7) is 0. The number of methoxy groups -OCH3 is 1. The minimum atomic E-state index is -4.85. The molecule has 3 nitrogen and oxygen atoms in total. The van der Waals surface area contributed by atoms with Gasteiger partial charge < -0.3 is 9.15 Å². The Morgan fingerprint density at radius 3 is 2.38 bits per heavy atom. The number of ketones is 1. The zero-order valence-corrected chi connectivity index (χ0v) is 11.2. The van der Waals surface area contributed by atoms with E-state index in [2.05, 4.69) is 0 Å². The van der Waals surface area contributed by atoms with E-state index in [9.17, 15) is 18.0 Å². The number of hydrogen-bond acceptors (Lipinski definition) is 3. The van der Waals surface area contributed by atoms with Gasteiger partial charge in [-0.2, -0.15) is 13.2 Å². The third kappa shape index (κ3) is 3.65. The summed E-state index contributed by atoms with van der Waals surface area (Å²) in [6.07, 6.45) is -4.18. The molecule has 21 heavy (non-hydrogen) atoms. The van der Waals surface area contributed by atoms with Crippen molar-refractivity contribution in [3.05, 3.63) is 54.0 Å². The first-order valence-corrected chi connectivity index (χ1v) is 6.19. The summed E-state index contributed by atoms with van der Waals surface area (Å²) >= 11 is 0. The number of furan rings is 1. The highest BCUT2D eigenvalue weighted by molar-refractivity contribution is 5.85. The predicted molar refractivity (Wildman–Crippen MR) is 69.2 cm³/mol. The quantitative estimate of drug-likeness (QED) is 0.839. The van der Waals surface area contributed by atoms with E-state index < -0.39 is 24.3 Å². The molecule has 0 bridgehead atoms. The van der Waals surface area contributed by atoms with Gasteiger partial charge in [-0.15, -0.1) is 0 Å². The van der Waals surface area contributed by atoms with Gasteiger partial charge in [0.2, 0.25) is 5.78 Å². The molecule has 0 radical (unpaired) electrons. The Hall–Kier alpha value is -2.24. The molecule has 0 saturated carbocycles. The number of halogens is 3. The molecule has 2 rings (SSSR count). The van der Waals surface area contributed by atoms with Crippen LogP contribution >= 0.6 is 0 Å². The fourth-order valence-corrected chi connectivity index (χ4v) is 2.01. The molecule has 0 aliphatic heterocycles. The molecule has 6 heteroatoms. The van der Waals surface area contributed by atoms with Gasteiger partial charge in [0.25, 0.3) is 0 Å². The summed E-state index contributed by atoms with van der Waals surface area (Å²) in [5, 5.41) is 0. The van der Waals surface area contributed by atoms with Crippen LogP contribution in [0.5, 0.6) is 5.75 Å². The minimum absolute atomic E-state index is 0.317. The van der Waals surface area contributed by atoms with Crippen LogP contribution in [0.1, 0.15) is 23.7 Å². The second-order valence-electron chi connectivity index (χ2n) is 4.47. The van der Waals surface area contributed by atoms with Crippen molar-refractivity contribution < 1.29 is 27.1 Å². The Morgan fingerprint density at radius 1 is 1.24 bits per heavy atom. The summed E-state index contributed by atoms with van der Waals surface area (Å²) in [6, 6.07) is 9.63. The molecule has 112 valence electrons. The number of carbonyl (C=O) groups is 1. The summed E-state index contributed by atoms with van der Waals surface area (Å²) < 4.78 is 47.6. The second kappa shape index (κ2) is 6.03. The normalized spacial score (nSPS) is 13.0. The van der Waals surface area contributed by atoms with Crippen molar-refractivity contribution in [3.63, 3.8) is 0 Å². The van der Waals surface area contributed by atoms with E-state index in [1.165, 1.54) is 13.4 Å². The van der Waals surface area contributed by atoms with Crippen LogP contribution in [0.15, 0.2) is 47.1 Å². The average molecular weight is 298 g/mol. The van der Waals surface area contributed by atoms with Gasteiger partial charge in [0.15, 0.2) is 0 Å². The smallest absolute Gasteiger partial charge is 0.450 e. The van der Waals surface area contributed by atoms with Gasteiger partial charge in [-0.1, -0.05) is 12.1 Å². The molecule has 0 fully saturated rings. The Kier molecular flexibility index (Phi) is 4.35. The van der Waals surface area contributed by atoms with Crippen LogP contribution < -0.4 is 4.74 Å². The molecule has 0 aliphatic rings. The van der Waals surface area contributed by atoms with Gasteiger partial charge in [-0.3, -0.25) is 4.79 Å². The van der Waals surface area contributed by atoms with Crippen LogP contribution in [0.2, 0.25) is 0 Å². The van der Waals surface area contributed by atoms with Gasteiger partial charge in [0, 0.05) is 12.3 Å². The Labute approximate surface area is 119 Å². The fourth-order valence-electron chi connectivity index (χ4n) is 2.01. The van der Waals surface area contributed by atoms with Gasteiger partial charge >= 0.3 is 6.18 Å². The molecule has 2 aromatic rings. The van der Waals surface area contributed by atoms with Gasteiger partial charge in [-0.25, -0.2) is 0 Å². The number of hydrogen-bond donors (Lipinski definition) is 0. The van der Waals surface area contributed by atoms with Crippen LogP contribution in [-0.4, -0.2) is 19.1 Å². The third-order valence-electron chi connectivity index (χ3n) is 3.11. The molecular weight excluding hydrogens is 285 g/mol. The van der Waals surface area contributed by atoms with Crippen molar-refractivity contribution >= 4 is 5.78 Å². The monoisotopic (exact) mass is 298 g/mol. The number of benzene rings is 1. The van der Waals surface area contributed by atoms with Crippen LogP contribution in [0.25, 0.3) is 0 Å². The number of ether oxygens (including phenoxy) is 1. The summed E-state index contributed by atoms with van der Waals surface area (Å²) in [5.41, 5.74) is 0.559. The van der Waals surface area contributed by atoms with Crippen molar-refractivity contribution in [2.45, 2.75) is 18.5 Å². The highest BCUT2D eigenvalue weighted by Crippen LogP contribution is 2.32. The molecule has 1 heterocycles. The molecule has 1 aromatic carbocycles. The van der Waals surface area contributed by atoms with Crippen LogP contribution in [-0.2, 0) is 4.79 Å². The third-order valence-corrected chi connectivity index (χ3v) is 3.11. The fraction of sp³-hybridized carbons (Fsp3) is 0.267. The second-order valence-corrected chi connectivity index (χ2v) is 4.47. The Balaban J connectivity index is 2.30. The first-order valence-electron chi connectivity index (χ1n) is 6.19. The van der Waals surface area contributed by atoms with E-state index in [1.54, 1.807) is 36.4 Å². The van der Waals surface area contributed by atoms with E-state index in [-0.39, 0.29) is 0 Å². The zero-order valence-electron chi connectivity index (χ0n) is 11.2. The lowest BCUT2D eigenvalue weighted by molar-refractivity contribution is -0.171. The predicted octanol–water partition coefficient (Wildman–Crippen LogP) is 3.94. The first kappa shape index (κ1) is 15.2. The van der Waals surface area contributed by atoms with E-state index in [0.29, 0.717) is 17.1 Å². The number of carbonyl (C=O) groups excluding carboxylic acids is 1. The van der Waals surface area contributed by atoms with Gasteiger partial charge in [0.1, 0.15) is 11.5 Å². The molecule has 0 aliphatic carbocycles. The molecule has 0 spiro atoms. The Morgan fingerprint density at radius 2 is 1.90 bits per heavy atom. The largest absolute Gasteiger partial charge is 0.497 e. The summed E-state index contributed by atoms with van der Waals surface area (Å²) in [7, 11) is 1.49. The average Bonchev–Trinajstić information content (AvgIpc) is 2.97. The molecule has 0 unspecified atom stereocenters. The molecule has 1 aromatic heterocycles. The topological polar surface area (TPSA) is 39.4 Å². The number of rotatable bonds is 5. The van der Waals surface area contributed by atoms with Crippen LogP contribution in [0, 0.1) is 0 Å². The molecule has 0 N–H and O–H groups in total. The van der Waals surface area contributed by atoms with Crippen LogP contribution in [0.3, 0.4) is 0 Å². The highest BCUT2D eigenvalue weighted by atomic mass is 19.4. The van der Waals surface area contributed by atoms with Crippen molar-refractivity contribution in [2.24, 2.45) is 0 Å². The van der Waals surface area contributed by atoms with Crippen molar-refractivity contribution in [2.75, 3.05) is 7.11 Å². The minimum Gasteiger partial charge on any atom is -0.497 e. The standard InChI is InChI=1S/C15H13F3O3/c1-20-11-6-4-10(5-7-11)12(13-3-2-8-21-13)9-14(19)15(16,17)18/h2-8,12H,9H2,1H3/t12-/m0/s1. The molecule has 1 atom stereocenters. The maximum atomic E-state index is 12.5. The van der Waals surface area contributed by atoms with Crippen LogP contribution in [0.4, 0.5) is 13.2 Å². The summed E-state index contributed by atoms with van der Waals surface area (Å²) in [4.78, 5) is 11.3.